The second-order valence-corrected chi connectivity index (χ2v) is 2.84. The Bertz CT molecular complexity index is 213. The normalized spacial score (nSPS) is 15.6. The van der Waals surface area contributed by atoms with Gasteiger partial charge in [-0.2, -0.15) is 0 Å². The third kappa shape index (κ3) is 7.63. The number of carbonyl (C=O) groups excluding carboxylic acids is 1. The lowest BCUT2D eigenvalue weighted by molar-refractivity contribution is -0.139. The van der Waals surface area contributed by atoms with Crippen molar-refractivity contribution in [3.05, 3.63) is 12.2 Å². The zero-order valence-corrected chi connectivity index (χ0v) is 8.21. The lowest BCUT2D eigenvalue weighted by Crippen LogP contribution is -2.19. The first-order chi connectivity index (χ1) is 6.06. The summed E-state index contributed by atoms with van der Waals surface area (Å²) in [5.41, 5.74) is 0. The highest BCUT2D eigenvalue weighted by Gasteiger charge is 2.05. The van der Waals surface area contributed by atoms with E-state index in [4.69, 9.17) is 0 Å². The van der Waals surface area contributed by atoms with E-state index < -0.39 is 23.4 Å². The minimum absolute atomic E-state index is 0.0862. The minimum Gasteiger partial charge on any atom is -0.750 e. The Balaban J connectivity index is 3.63. The van der Waals surface area contributed by atoms with E-state index in [1.807, 2.05) is 0 Å². The van der Waals surface area contributed by atoms with Gasteiger partial charge < -0.3 is 9.29 Å². The molecule has 5 nitrogen and oxygen atoms in total. The number of ether oxygens (including phenoxy) is 1. The quantitative estimate of drug-likeness (QED) is 0.368. The first kappa shape index (κ1) is 12.3. The fraction of sp³-hybridized carbons (Fsp3) is 0.571. The first-order valence-corrected chi connectivity index (χ1v) is 4.62. The van der Waals surface area contributed by atoms with Crippen LogP contribution in [0.3, 0.4) is 0 Å². The molecule has 6 heteroatoms. The zero-order valence-electron chi connectivity index (χ0n) is 7.39. The van der Waals surface area contributed by atoms with Crippen LogP contribution in [0, 0.1) is 0 Å². The van der Waals surface area contributed by atoms with Crippen LogP contribution in [0.5, 0.6) is 0 Å². The maximum absolute atomic E-state index is 10.7. The number of hydrogen-bond acceptors (Lipinski definition) is 5. The summed E-state index contributed by atoms with van der Waals surface area (Å²) in [6.45, 7) is 3.07. The molecule has 0 bridgehead atoms. The Labute approximate surface area is 79.2 Å². The van der Waals surface area contributed by atoms with Gasteiger partial charge in [0.15, 0.2) is 0 Å². The highest BCUT2D eigenvalue weighted by Crippen LogP contribution is 1.94. The fourth-order valence-corrected chi connectivity index (χ4v) is 0.869. The standard InChI is InChI=1S/C7H12O5S/c1-3-4-7(8)11-5-6(2)12-13(9)10/h3-4,6H,5H2,1-2H3,(H,9,10)/p-1. The Kier molecular flexibility index (Phi) is 6.38. The summed E-state index contributed by atoms with van der Waals surface area (Å²) in [5.74, 6) is -0.519. The first-order valence-electron chi connectivity index (χ1n) is 3.62. The van der Waals surface area contributed by atoms with Crippen LogP contribution in [-0.4, -0.2) is 27.4 Å². The van der Waals surface area contributed by atoms with Gasteiger partial charge in [0.05, 0.1) is 11.4 Å². The molecule has 0 aliphatic heterocycles. The van der Waals surface area contributed by atoms with Gasteiger partial charge in [-0.25, -0.2) is 9.00 Å². The van der Waals surface area contributed by atoms with E-state index >= 15 is 0 Å². The van der Waals surface area contributed by atoms with Crippen molar-refractivity contribution in [1.29, 1.82) is 0 Å². The van der Waals surface area contributed by atoms with E-state index in [2.05, 4.69) is 8.92 Å². The molecule has 0 N–H and O–H groups in total. The van der Waals surface area contributed by atoms with E-state index in [0.29, 0.717) is 0 Å². The molecule has 0 radical (unpaired) electrons. The maximum atomic E-state index is 10.7. The van der Waals surface area contributed by atoms with E-state index in [0.717, 1.165) is 0 Å². The molecule has 0 heterocycles. The van der Waals surface area contributed by atoms with Crippen molar-refractivity contribution in [2.75, 3.05) is 6.61 Å². The highest BCUT2D eigenvalue weighted by molar-refractivity contribution is 7.74. The lowest BCUT2D eigenvalue weighted by Gasteiger charge is -2.13. The average molecular weight is 207 g/mol. The summed E-state index contributed by atoms with van der Waals surface area (Å²) < 4.78 is 28.9. The van der Waals surface area contributed by atoms with Crippen molar-refractivity contribution in [1.82, 2.24) is 0 Å². The van der Waals surface area contributed by atoms with Crippen LogP contribution in [0.2, 0.25) is 0 Å². The molecule has 0 aliphatic carbocycles. The van der Waals surface area contributed by atoms with Gasteiger partial charge in [-0.3, -0.25) is 4.18 Å². The molecule has 0 saturated heterocycles. The maximum Gasteiger partial charge on any atom is 0.330 e. The summed E-state index contributed by atoms with van der Waals surface area (Å²) in [6.07, 6.45) is 2.10. The van der Waals surface area contributed by atoms with Gasteiger partial charge in [0.2, 0.25) is 0 Å². The Morgan fingerprint density at radius 2 is 2.31 bits per heavy atom. The summed E-state index contributed by atoms with van der Waals surface area (Å²) >= 11 is -2.57. The molecule has 0 aromatic carbocycles. The lowest BCUT2D eigenvalue weighted by atomic mass is 10.4. The summed E-state index contributed by atoms with van der Waals surface area (Å²) in [6, 6.07) is 0. The van der Waals surface area contributed by atoms with Crippen LogP contribution in [0.15, 0.2) is 12.2 Å². The van der Waals surface area contributed by atoms with Crippen molar-refractivity contribution in [3.63, 3.8) is 0 Å². The smallest absolute Gasteiger partial charge is 0.330 e. The third-order valence-corrected chi connectivity index (χ3v) is 1.49. The fourth-order valence-electron chi connectivity index (χ4n) is 0.546. The van der Waals surface area contributed by atoms with Crippen molar-refractivity contribution < 1.29 is 22.5 Å². The highest BCUT2D eigenvalue weighted by atomic mass is 32.2. The van der Waals surface area contributed by atoms with Gasteiger partial charge >= 0.3 is 5.97 Å². The van der Waals surface area contributed by atoms with Gasteiger partial charge in [0.25, 0.3) is 0 Å². The summed E-state index contributed by atoms with van der Waals surface area (Å²) in [5, 5.41) is 0. The number of rotatable bonds is 5. The summed E-state index contributed by atoms with van der Waals surface area (Å²) in [7, 11) is 0. The summed E-state index contributed by atoms with van der Waals surface area (Å²) in [4.78, 5) is 10.7. The average Bonchev–Trinajstić information content (AvgIpc) is 2.00. The topological polar surface area (TPSA) is 75.7 Å². The zero-order chi connectivity index (χ0) is 10.3. The second kappa shape index (κ2) is 6.76. The van der Waals surface area contributed by atoms with E-state index in [1.54, 1.807) is 6.92 Å². The van der Waals surface area contributed by atoms with Gasteiger partial charge in [0.1, 0.15) is 12.7 Å². The number of carbonyl (C=O) groups is 1. The molecule has 13 heavy (non-hydrogen) atoms. The molecule has 76 valence electrons. The minimum atomic E-state index is -2.57. The molecule has 2 atom stereocenters. The van der Waals surface area contributed by atoms with Crippen molar-refractivity contribution in [2.24, 2.45) is 0 Å². The Hall–Kier alpha value is -0.720. The molecule has 0 aromatic rings. The number of hydrogen-bond donors (Lipinski definition) is 0. The monoisotopic (exact) mass is 207 g/mol. The molecule has 0 spiro atoms. The van der Waals surface area contributed by atoms with Gasteiger partial charge in [-0.1, -0.05) is 6.08 Å². The molecule has 0 fully saturated rings. The predicted molar refractivity (Wildman–Crippen MR) is 45.2 cm³/mol. The second-order valence-electron chi connectivity index (χ2n) is 2.24. The number of allylic oxidation sites excluding steroid dienone is 1. The molecule has 0 rings (SSSR count). The van der Waals surface area contributed by atoms with Crippen LogP contribution in [0.25, 0.3) is 0 Å². The SMILES string of the molecule is CC=CC(=O)OCC(C)OS(=O)[O-]. The molecular formula is C7H11O5S-. The molecule has 0 amide bonds. The van der Waals surface area contributed by atoms with E-state index in [9.17, 15) is 13.6 Å². The van der Waals surface area contributed by atoms with E-state index in [-0.39, 0.29) is 6.61 Å². The van der Waals surface area contributed by atoms with Gasteiger partial charge in [0, 0.05) is 6.08 Å². The predicted octanol–water partition coefficient (Wildman–Crippen LogP) is 0.305. The van der Waals surface area contributed by atoms with Crippen LogP contribution < -0.4 is 0 Å². The van der Waals surface area contributed by atoms with Gasteiger partial charge in [-0.15, -0.1) is 0 Å². The van der Waals surface area contributed by atoms with Crippen LogP contribution in [0.4, 0.5) is 0 Å². The van der Waals surface area contributed by atoms with Crippen molar-refractivity contribution in [2.45, 2.75) is 20.0 Å². The molecule has 0 aromatic heterocycles. The Morgan fingerprint density at radius 1 is 1.69 bits per heavy atom. The van der Waals surface area contributed by atoms with Crippen LogP contribution >= 0.6 is 0 Å². The van der Waals surface area contributed by atoms with Crippen LogP contribution in [0.1, 0.15) is 13.8 Å². The van der Waals surface area contributed by atoms with Crippen LogP contribution in [-0.2, 0) is 25.1 Å². The molecule has 0 aliphatic rings. The van der Waals surface area contributed by atoms with E-state index in [1.165, 1.54) is 19.1 Å². The Morgan fingerprint density at radius 3 is 2.77 bits per heavy atom. The third-order valence-electron chi connectivity index (χ3n) is 1.01. The molecule has 2 unspecified atom stereocenters. The number of esters is 1. The van der Waals surface area contributed by atoms with Crippen molar-refractivity contribution >= 4 is 17.3 Å². The van der Waals surface area contributed by atoms with Gasteiger partial charge in [-0.05, 0) is 13.8 Å². The molecule has 0 saturated carbocycles. The van der Waals surface area contributed by atoms with Crippen molar-refractivity contribution in [3.8, 4) is 0 Å². The molecular weight excluding hydrogens is 196 g/mol. The largest absolute Gasteiger partial charge is 0.750 e.